The highest BCUT2D eigenvalue weighted by atomic mass is 28.4. The summed E-state index contributed by atoms with van der Waals surface area (Å²) in [6.07, 6.45) is 3.86. The molecule has 0 spiro atoms. The smallest absolute Gasteiger partial charge is 0.229 e. The molecule has 1 fully saturated rings. The lowest BCUT2D eigenvalue weighted by Crippen LogP contribution is -2.47. The Kier molecular flexibility index (Phi) is 7.85. The van der Waals surface area contributed by atoms with Gasteiger partial charge >= 0.3 is 0 Å². The first kappa shape index (κ1) is 29.4. The molecule has 228 valence electrons. The number of fused-ring (bicyclic) bond motifs is 2. The van der Waals surface area contributed by atoms with Crippen molar-refractivity contribution in [1.82, 2.24) is 19.5 Å². The summed E-state index contributed by atoms with van der Waals surface area (Å²) in [4.78, 5) is 22.3. The minimum atomic E-state index is -1.91. The average Bonchev–Trinajstić information content (AvgIpc) is 3.62. The second-order valence-corrected chi connectivity index (χ2v) is 18.1. The highest BCUT2D eigenvalue weighted by molar-refractivity contribution is 6.74. The molecule has 2 aromatic carbocycles. The van der Waals surface area contributed by atoms with Crippen LogP contribution in [0.1, 0.15) is 45.7 Å². The van der Waals surface area contributed by atoms with Gasteiger partial charge in [-0.1, -0.05) is 45.9 Å². The molecule has 1 N–H and O–H groups in total. The van der Waals surface area contributed by atoms with Gasteiger partial charge in [-0.15, -0.1) is 0 Å². The molecule has 43 heavy (non-hydrogen) atoms. The molecular formula is C33H45N7O2Si. The zero-order valence-electron chi connectivity index (χ0n) is 26.4. The Morgan fingerprint density at radius 2 is 1.63 bits per heavy atom. The van der Waals surface area contributed by atoms with Crippen LogP contribution in [0.3, 0.4) is 0 Å². The molecule has 2 aromatic heterocycles. The quantitative estimate of drug-likeness (QED) is 0.229. The number of phenols is 1. The number of anilines is 4. The molecule has 0 radical (unpaired) electrons. The van der Waals surface area contributed by atoms with Crippen LogP contribution in [0.4, 0.5) is 23.1 Å². The number of piperazine rings is 1. The number of para-hydroxylation sites is 1. The average molecular weight is 600 g/mol. The second kappa shape index (κ2) is 11.5. The Bertz CT molecular complexity index is 1570. The molecule has 1 atom stereocenters. The number of nitrogens with zero attached hydrogens (tertiary/aromatic N) is 7. The van der Waals surface area contributed by atoms with E-state index in [4.69, 9.17) is 19.4 Å². The third kappa shape index (κ3) is 5.70. The van der Waals surface area contributed by atoms with Crippen molar-refractivity contribution < 1.29 is 9.53 Å². The molecule has 9 nitrogen and oxygen atoms in total. The Morgan fingerprint density at radius 3 is 2.33 bits per heavy atom. The van der Waals surface area contributed by atoms with Crippen LogP contribution in [-0.2, 0) is 10.8 Å². The van der Waals surface area contributed by atoms with Crippen LogP contribution in [-0.4, -0.2) is 72.3 Å². The number of hydrogen-bond acceptors (Lipinski definition) is 8. The van der Waals surface area contributed by atoms with Gasteiger partial charge in [-0.05, 0) is 66.9 Å². The van der Waals surface area contributed by atoms with E-state index < -0.39 is 8.32 Å². The number of phenolic OH excluding ortho intramolecular Hbond substituents is 1. The fourth-order valence-electron chi connectivity index (χ4n) is 5.79. The molecule has 0 bridgehead atoms. The number of hydrogen-bond donors (Lipinski definition) is 1. The molecule has 4 heterocycles. The number of benzene rings is 2. The predicted molar refractivity (Wildman–Crippen MR) is 177 cm³/mol. The minimum Gasteiger partial charge on any atom is -0.508 e. The lowest BCUT2D eigenvalue weighted by atomic mass is 10.2. The minimum absolute atomic E-state index is 0.131. The lowest BCUT2D eigenvalue weighted by molar-refractivity contribution is 0.227. The zero-order valence-corrected chi connectivity index (χ0v) is 27.4. The first-order chi connectivity index (χ1) is 20.6. The van der Waals surface area contributed by atoms with Gasteiger partial charge in [0.15, 0.2) is 25.3 Å². The number of rotatable bonds is 8. The maximum atomic E-state index is 9.72. The van der Waals surface area contributed by atoms with Gasteiger partial charge in [-0.25, -0.2) is 4.98 Å². The normalized spacial score (nSPS) is 16.7. The summed E-state index contributed by atoms with van der Waals surface area (Å²) >= 11 is 0. The van der Waals surface area contributed by atoms with Crippen LogP contribution < -0.4 is 14.7 Å². The van der Waals surface area contributed by atoms with Crippen LogP contribution in [0, 0.1) is 0 Å². The van der Waals surface area contributed by atoms with Gasteiger partial charge in [0.05, 0.1) is 19.0 Å². The first-order valence-electron chi connectivity index (χ1n) is 15.6. The van der Waals surface area contributed by atoms with Gasteiger partial charge in [0.25, 0.3) is 0 Å². The van der Waals surface area contributed by atoms with Gasteiger partial charge in [0.2, 0.25) is 5.95 Å². The van der Waals surface area contributed by atoms with Crippen LogP contribution in [0.2, 0.25) is 18.1 Å². The van der Waals surface area contributed by atoms with Crippen molar-refractivity contribution in [1.29, 1.82) is 0 Å². The lowest BCUT2D eigenvalue weighted by Gasteiger charge is -2.37. The monoisotopic (exact) mass is 599 g/mol. The standard InChI is InChI=1S/C33H45N7O2Si/c1-7-25(22-42-43(5,6)33(2,3)4)40-23-34-29-30(39-17-16-24-10-8-9-11-28(24)39)35-32(36-31(29)40)38-20-18-37(19-21-38)26-12-14-27(41)15-13-26/h8-15,23,25,41H,7,16-22H2,1-6H3. The molecule has 2 aliphatic heterocycles. The van der Waals surface area contributed by atoms with Crippen molar-refractivity contribution in [3.63, 3.8) is 0 Å². The Hall–Kier alpha value is -3.63. The maximum absolute atomic E-state index is 9.72. The summed E-state index contributed by atoms with van der Waals surface area (Å²) in [7, 11) is -1.91. The largest absolute Gasteiger partial charge is 0.508 e. The van der Waals surface area contributed by atoms with Crippen molar-refractivity contribution in [3.05, 3.63) is 60.4 Å². The number of imidazole rings is 1. The highest BCUT2D eigenvalue weighted by Crippen LogP contribution is 2.39. The molecule has 1 unspecified atom stereocenters. The Morgan fingerprint density at radius 1 is 0.930 bits per heavy atom. The van der Waals surface area contributed by atoms with Gasteiger partial charge in [-0.2, -0.15) is 9.97 Å². The second-order valence-electron chi connectivity index (χ2n) is 13.3. The third-order valence-corrected chi connectivity index (χ3v) is 14.1. The topological polar surface area (TPSA) is 82.8 Å². The van der Waals surface area contributed by atoms with Gasteiger partial charge in [-0.3, -0.25) is 0 Å². The Labute approximate surface area is 256 Å². The molecule has 0 amide bonds. The van der Waals surface area contributed by atoms with Gasteiger partial charge in [0.1, 0.15) is 5.75 Å². The Balaban J connectivity index is 1.35. The molecule has 6 rings (SSSR count). The van der Waals surface area contributed by atoms with E-state index in [9.17, 15) is 5.11 Å². The SMILES string of the molecule is CCC(CO[Si](C)(C)C(C)(C)C)n1cnc2c(N3CCc4ccccc43)nc(N3CCN(c4ccc(O)cc4)CC3)nc21. The molecule has 0 aliphatic carbocycles. The van der Waals surface area contributed by atoms with Crippen molar-refractivity contribution in [2.45, 2.75) is 64.7 Å². The molecular weight excluding hydrogens is 554 g/mol. The van der Waals surface area contributed by atoms with Crippen molar-refractivity contribution >= 4 is 42.6 Å². The first-order valence-corrected chi connectivity index (χ1v) is 18.5. The van der Waals surface area contributed by atoms with E-state index in [0.29, 0.717) is 6.61 Å². The van der Waals surface area contributed by atoms with E-state index in [1.165, 1.54) is 11.3 Å². The summed E-state index contributed by atoms with van der Waals surface area (Å²) in [6, 6.07) is 16.2. The molecule has 0 saturated carbocycles. The van der Waals surface area contributed by atoms with Crippen LogP contribution >= 0.6 is 0 Å². The molecule has 1 saturated heterocycles. The number of aromatic hydroxyl groups is 1. The van der Waals surface area contributed by atoms with Crippen LogP contribution in [0.25, 0.3) is 11.2 Å². The third-order valence-electron chi connectivity index (χ3n) is 9.62. The summed E-state index contributed by atoms with van der Waals surface area (Å²) in [5.41, 5.74) is 5.37. The summed E-state index contributed by atoms with van der Waals surface area (Å²) < 4.78 is 8.94. The van der Waals surface area contributed by atoms with Crippen molar-refractivity contribution in [2.75, 3.05) is 54.0 Å². The van der Waals surface area contributed by atoms with E-state index in [0.717, 1.165) is 74.2 Å². The summed E-state index contributed by atoms with van der Waals surface area (Å²) in [5, 5.41) is 9.87. The van der Waals surface area contributed by atoms with E-state index in [2.05, 4.69) is 84.3 Å². The zero-order chi connectivity index (χ0) is 30.4. The molecule has 4 aromatic rings. The van der Waals surface area contributed by atoms with E-state index >= 15 is 0 Å². The van der Waals surface area contributed by atoms with E-state index in [-0.39, 0.29) is 16.8 Å². The molecule has 2 aliphatic rings. The fraction of sp³-hybridized carbons (Fsp3) is 0.485. The summed E-state index contributed by atoms with van der Waals surface area (Å²) in [6.45, 7) is 18.5. The number of aromatic nitrogens is 4. The summed E-state index contributed by atoms with van der Waals surface area (Å²) in [5.74, 6) is 1.92. The van der Waals surface area contributed by atoms with Crippen molar-refractivity contribution in [3.8, 4) is 5.75 Å². The van der Waals surface area contributed by atoms with Crippen molar-refractivity contribution in [2.24, 2.45) is 0 Å². The predicted octanol–water partition coefficient (Wildman–Crippen LogP) is 6.53. The van der Waals surface area contributed by atoms with E-state index in [1.807, 2.05) is 18.5 Å². The maximum Gasteiger partial charge on any atom is 0.229 e. The molecule has 10 heteroatoms. The van der Waals surface area contributed by atoms with E-state index in [1.54, 1.807) is 12.1 Å². The van der Waals surface area contributed by atoms with Gasteiger partial charge in [0, 0.05) is 44.1 Å². The van der Waals surface area contributed by atoms with Crippen LogP contribution in [0.5, 0.6) is 5.75 Å². The van der Waals surface area contributed by atoms with Crippen LogP contribution in [0.15, 0.2) is 54.9 Å². The fourth-order valence-corrected chi connectivity index (χ4v) is 6.83. The van der Waals surface area contributed by atoms with Gasteiger partial charge < -0.3 is 28.8 Å². The highest BCUT2D eigenvalue weighted by Gasteiger charge is 2.38.